The minimum absolute atomic E-state index is 0.350. The molecule has 0 fully saturated rings. The summed E-state index contributed by atoms with van der Waals surface area (Å²) in [6, 6.07) is 12.1. The fraction of sp³-hybridized carbons (Fsp3) is 0.167. The van der Waals surface area contributed by atoms with Gasteiger partial charge in [-0.15, -0.1) is 0 Å². The summed E-state index contributed by atoms with van der Waals surface area (Å²) in [5.41, 5.74) is 0.322. The van der Waals surface area contributed by atoms with Crippen molar-refractivity contribution in [2.24, 2.45) is 0 Å². The lowest BCUT2D eigenvalue weighted by Gasteiger charge is -1.91. The average Bonchev–Trinajstić information content (AvgIpc) is 2.30. The first kappa shape index (κ1) is 12.5. The van der Waals surface area contributed by atoms with Crippen LogP contribution in [0.4, 0.5) is 4.79 Å². The summed E-state index contributed by atoms with van der Waals surface area (Å²) in [5.74, 6) is 0. The summed E-state index contributed by atoms with van der Waals surface area (Å²) in [5, 5.41) is 1.20. The number of nitrogens with zero attached hydrogens (tertiary/aromatic N) is 1. The van der Waals surface area contributed by atoms with E-state index in [0.29, 0.717) is 6.61 Å². The molecule has 1 heterocycles. The third-order valence-electron chi connectivity index (χ3n) is 1.77. The Morgan fingerprint density at radius 1 is 1.31 bits per heavy atom. The van der Waals surface area contributed by atoms with Crippen molar-refractivity contribution in [1.29, 1.82) is 0 Å². The summed E-state index contributed by atoms with van der Waals surface area (Å²) in [7, 11) is 0. The Bertz CT molecular complexity index is 394. The van der Waals surface area contributed by atoms with Crippen molar-refractivity contribution in [2.45, 2.75) is 6.92 Å². The van der Waals surface area contributed by atoms with Crippen LogP contribution in [0.1, 0.15) is 6.92 Å². The van der Waals surface area contributed by atoms with Gasteiger partial charge in [0.15, 0.2) is 0 Å². The topological polar surface area (TPSA) is 39.2 Å². The number of carbonyl (C=O) groups is 1. The molecule has 2 rings (SSSR count). The zero-order valence-corrected chi connectivity index (χ0v) is 9.65. The van der Waals surface area contributed by atoms with Crippen LogP contribution < -0.4 is 0 Å². The predicted molar refractivity (Wildman–Crippen MR) is 64.6 cm³/mol. The fourth-order valence-electron chi connectivity index (χ4n) is 1.13. The second-order valence-electron chi connectivity index (χ2n) is 2.87. The van der Waals surface area contributed by atoms with Crippen LogP contribution in [0.25, 0.3) is 10.9 Å². The van der Waals surface area contributed by atoms with Crippen LogP contribution in [0.15, 0.2) is 42.6 Å². The van der Waals surface area contributed by atoms with Crippen LogP contribution in [-0.4, -0.2) is 17.0 Å². The molecule has 3 nitrogen and oxygen atoms in total. The van der Waals surface area contributed by atoms with Gasteiger partial charge in [-0.3, -0.25) is 4.98 Å². The zero-order chi connectivity index (χ0) is 11.8. The number of pyridine rings is 1. The van der Waals surface area contributed by atoms with Gasteiger partial charge in [-0.2, -0.15) is 0 Å². The smallest absolute Gasteiger partial charge is 0.403 e. The molecule has 2 aromatic rings. The number of ether oxygens (including phenoxy) is 1. The van der Waals surface area contributed by atoms with Gasteiger partial charge >= 0.3 is 5.43 Å². The van der Waals surface area contributed by atoms with E-state index in [1.807, 2.05) is 30.5 Å². The van der Waals surface area contributed by atoms with Crippen molar-refractivity contribution >= 4 is 27.9 Å². The van der Waals surface area contributed by atoms with Gasteiger partial charge in [0.2, 0.25) is 0 Å². The molecule has 0 N–H and O–H groups in total. The quantitative estimate of drug-likeness (QED) is 0.711. The molecule has 0 saturated heterocycles. The summed E-state index contributed by atoms with van der Waals surface area (Å²) in [6.45, 7) is 2.04. The number of halogens is 1. The highest BCUT2D eigenvalue weighted by Crippen LogP contribution is 2.07. The maximum absolute atomic E-state index is 9.59. The van der Waals surface area contributed by atoms with E-state index in [4.69, 9.17) is 11.6 Å². The molecule has 1 aromatic heterocycles. The summed E-state index contributed by atoms with van der Waals surface area (Å²) in [6.07, 6.45) is 1.81. The molecule has 84 valence electrons. The van der Waals surface area contributed by atoms with Gasteiger partial charge in [-0.05, 0) is 19.1 Å². The van der Waals surface area contributed by atoms with Crippen LogP contribution in [0.5, 0.6) is 0 Å². The van der Waals surface area contributed by atoms with Gasteiger partial charge in [0.05, 0.1) is 12.1 Å². The van der Waals surface area contributed by atoms with Gasteiger partial charge in [0.1, 0.15) is 0 Å². The third kappa shape index (κ3) is 4.28. The molecule has 0 aliphatic rings. The highest BCUT2D eigenvalue weighted by molar-refractivity contribution is 6.61. The van der Waals surface area contributed by atoms with Crippen LogP contribution in [0.2, 0.25) is 0 Å². The van der Waals surface area contributed by atoms with Crippen molar-refractivity contribution in [3.05, 3.63) is 42.6 Å². The zero-order valence-electron chi connectivity index (χ0n) is 8.89. The van der Waals surface area contributed by atoms with E-state index in [-0.39, 0.29) is 0 Å². The molecule has 1 aromatic carbocycles. The number of benzene rings is 1. The Labute approximate surface area is 99.0 Å². The molecule has 16 heavy (non-hydrogen) atoms. The van der Waals surface area contributed by atoms with Crippen LogP contribution >= 0.6 is 11.6 Å². The highest BCUT2D eigenvalue weighted by atomic mass is 35.5. The third-order valence-corrected chi connectivity index (χ3v) is 1.88. The van der Waals surface area contributed by atoms with Crippen molar-refractivity contribution in [3.8, 4) is 0 Å². The standard InChI is InChI=1S/C9H7N.C3H5ClO2/c1-2-6-9-8(4-1)5-3-7-10-9;1-2-6-3(4)5/h1-7H;2H2,1H3. The van der Waals surface area contributed by atoms with Crippen molar-refractivity contribution < 1.29 is 9.53 Å². The Hall–Kier alpha value is -1.61. The molecular formula is C12H12ClNO2. The highest BCUT2D eigenvalue weighted by Gasteiger charge is 1.87. The molecule has 0 bridgehead atoms. The summed E-state index contributed by atoms with van der Waals surface area (Å²) < 4.78 is 4.17. The maximum atomic E-state index is 9.59. The van der Waals surface area contributed by atoms with Crippen LogP contribution in [-0.2, 0) is 4.74 Å². The number of aromatic nitrogens is 1. The molecule has 0 radical (unpaired) electrons. The van der Waals surface area contributed by atoms with Crippen LogP contribution in [0.3, 0.4) is 0 Å². The first-order valence-corrected chi connectivity index (χ1v) is 5.24. The van der Waals surface area contributed by atoms with Crippen molar-refractivity contribution in [1.82, 2.24) is 4.98 Å². The van der Waals surface area contributed by atoms with E-state index in [1.54, 1.807) is 6.92 Å². The summed E-state index contributed by atoms with van der Waals surface area (Å²) in [4.78, 5) is 13.8. The van der Waals surface area contributed by atoms with Gasteiger partial charge in [0, 0.05) is 23.2 Å². The maximum Gasteiger partial charge on any atom is 0.403 e. The van der Waals surface area contributed by atoms with Gasteiger partial charge in [-0.25, -0.2) is 4.79 Å². The fourth-order valence-corrected chi connectivity index (χ4v) is 1.24. The van der Waals surface area contributed by atoms with Crippen LogP contribution in [0, 0.1) is 0 Å². The number of rotatable bonds is 1. The predicted octanol–water partition coefficient (Wildman–Crippen LogP) is 3.62. The molecule has 0 aliphatic carbocycles. The number of para-hydroxylation sites is 1. The van der Waals surface area contributed by atoms with E-state index in [1.165, 1.54) is 5.39 Å². The van der Waals surface area contributed by atoms with E-state index in [2.05, 4.69) is 21.9 Å². The van der Waals surface area contributed by atoms with Gasteiger partial charge < -0.3 is 4.74 Å². The minimum Gasteiger partial charge on any atom is -0.454 e. The number of carbonyl (C=O) groups excluding carboxylic acids is 1. The molecule has 0 amide bonds. The lowest BCUT2D eigenvalue weighted by atomic mass is 10.2. The lowest BCUT2D eigenvalue weighted by molar-refractivity contribution is 0.180. The molecule has 4 heteroatoms. The summed E-state index contributed by atoms with van der Waals surface area (Å²) >= 11 is 4.72. The Kier molecular flexibility index (Phi) is 5.29. The molecule has 0 spiro atoms. The van der Waals surface area contributed by atoms with Crippen molar-refractivity contribution in [3.63, 3.8) is 0 Å². The van der Waals surface area contributed by atoms with E-state index in [9.17, 15) is 4.79 Å². The van der Waals surface area contributed by atoms with Gasteiger partial charge in [0.25, 0.3) is 0 Å². The second-order valence-corrected chi connectivity index (χ2v) is 3.18. The number of fused-ring (bicyclic) bond motifs is 1. The monoisotopic (exact) mass is 237 g/mol. The Balaban J connectivity index is 0.000000187. The normalized spacial score (nSPS) is 9.12. The van der Waals surface area contributed by atoms with E-state index >= 15 is 0 Å². The molecule has 0 atom stereocenters. The first-order valence-electron chi connectivity index (χ1n) is 4.86. The average molecular weight is 238 g/mol. The number of hydrogen-bond donors (Lipinski definition) is 0. The Morgan fingerprint density at radius 2 is 2.00 bits per heavy atom. The molecule has 0 unspecified atom stereocenters. The molecule has 0 aliphatic heterocycles. The minimum atomic E-state index is -0.738. The molecular weight excluding hydrogens is 226 g/mol. The number of hydrogen-bond acceptors (Lipinski definition) is 3. The SMILES string of the molecule is CCOC(=O)Cl.c1ccc2ncccc2c1. The molecule has 0 saturated carbocycles. The van der Waals surface area contributed by atoms with Crippen molar-refractivity contribution in [2.75, 3.05) is 6.61 Å². The lowest BCUT2D eigenvalue weighted by Crippen LogP contribution is -1.89. The van der Waals surface area contributed by atoms with E-state index in [0.717, 1.165) is 5.52 Å². The van der Waals surface area contributed by atoms with Gasteiger partial charge in [-0.1, -0.05) is 24.3 Å². The largest absolute Gasteiger partial charge is 0.454 e. The first-order chi connectivity index (χ1) is 7.74. The second kappa shape index (κ2) is 6.80. The van der Waals surface area contributed by atoms with E-state index < -0.39 is 5.43 Å². The Morgan fingerprint density at radius 3 is 2.56 bits per heavy atom.